The molecule has 0 saturated carbocycles. The lowest BCUT2D eigenvalue weighted by Gasteiger charge is -2.05. The van der Waals surface area contributed by atoms with Crippen LogP contribution in [0.5, 0.6) is 5.75 Å². The molecule has 0 spiro atoms. The summed E-state index contributed by atoms with van der Waals surface area (Å²) in [5, 5.41) is 15.0. The standard InChI is InChI=1S/C14H15N3O4/c1-3-14(18)11-7-15-16(9-11)8-10-4-12(17(19)20)6-13(5-10)21-2/h4-7,9H,3,8H2,1-2H3. The zero-order valence-corrected chi connectivity index (χ0v) is 11.8. The van der Waals surface area contributed by atoms with Gasteiger partial charge >= 0.3 is 0 Å². The molecule has 7 nitrogen and oxygen atoms in total. The van der Waals surface area contributed by atoms with Gasteiger partial charge < -0.3 is 4.74 Å². The van der Waals surface area contributed by atoms with Crippen LogP contribution in [0, 0.1) is 10.1 Å². The zero-order valence-electron chi connectivity index (χ0n) is 11.8. The number of non-ortho nitro benzene ring substituents is 1. The molecular formula is C14H15N3O4. The Kier molecular flexibility index (Phi) is 4.32. The minimum atomic E-state index is -0.471. The molecule has 0 aliphatic heterocycles. The van der Waals surface area contributed by atoms with Gasteiger partial charge in [-0.3, -0.25) is 19.6 Å². The molecule has 0 aliphatic rings. The Bertz CT molecular complexity index is 679. The lowest BCUT2D eigenvalue weighted by Crippen LogP contribution is -2.02. The Morgan fingerprint density at radius 3 is 2.81 bits per heavy atom. The molecule has 0 fully saturated rings. The Hall–Kier alpha value is -2.70. The van der Waals surface area contributed by atoms with E-state index in [0.717, 1.165) is 0 Å². The number of Topliss-reactive ketones (excluding diaryl/α,β-unsaturated/α-hetero) is 1. The van der Waals surface area contributed by atoms with Gasteiger partial charge in [-0.25, -0.2) is 0 Å². The quantitative estimate of drug-likeness (QED) is 0.463. The van der Waals surface area contributed by atoms with Crippen LogP contribution < -0.4 is 4.74 Å². The van der Waals surface area contributed by atoms with E-state index in [4.69, 9.17) is 4.74 Å². The molecule has 2 aromatic rings. The van der Waals surface area contributed by atoms with Crippen molar-refractivity contribution in [1.82, 2.24) is 9.78 Å². The Morgan fingerprint density at radius 2 is 2.19 bits per heavy atom. The fourth-order valence-electron chi connectivity index (χ4n) is 1.94. The van der Waals surface area contributed by atoms with Crippen LogP contribution >= 0.6 is 0 Å². The number of ketones is 1. The Balaban J connectivity index is 2.26. The predicted octanol–water partition coefficient (Wildman–Crippen LogP) is 2.44. The van der Waals surface area contributed by atoms with Crippen LogP contribution in [-0.4, -0.2) is 27.6 Å². The van der Waals surface area contributed by atoms with Crippen molar-refractivity contribution in [2.24, 2.45) is 0 Å². The van der Waals surface area contributed by atoms with Gasteiger partial charge in [0.25, 0.3) is 5.69 Å². The van der Waals surface area contributed by atoms with Crippen molar-refractivity contribution in [3.8, 4) is 5.75 Å². The SMILES string of the molecule is CCC(=O)c1cnn(Cc2cc(OC)cc([N+](=O)[O-])c2)c1. The Morgan fingerprint density at radius 1 is 1.43 bits per heavy atom. The van der Waals surface area contributed by atoms with Crippen LogP contribution in [0.4, 0.5) is 5.69 Å². The maximum atomic E-state index is 11.6. The summed E-state index contributed by atoms with van der Waals surface area (Å²) in [7, 11) is 1.45. The van der Waals surface area contributed by atoms with Crippen LogP contribution in [0.25, 0.3) is 0 Å². The maximum Gasteiger partial charge on any atom is 0.273 e. The van der Waals surface area contributed by atoms with Gasteiger partial charge in [0.15, 0.2) is 5.78 Å². The van der Waals surface area contributed by atoms with Gasteiger partial charge in [-0.15, -0.1) is 0 Å². The molecule has 0 radical (unpaired) electrons. The highest BCUT2D eigenvalue weighted by Crippen LogP contribution is 2.23. The molecule has 1 heterocycles. The maximum absolute atomic E-state index is 11.6. The van der Waals surface area contributed by atoms with Gasteiger partial charge in [-0.2, -0.15) is 5.10 Å². The third kappa shape index (κ3) is 3.44. The van der Waals surface area contributed by atoms with E-state index in [1.807, 2.05) is 0 Å². The third-order valence-electron chi connectivity index (χ3n) is 3.02. The molecule has 7 heteroatoms. The number of ether oxygens (including phenoxy) is 1. The van der Waals surface area contributed by atoms with Gasteiger partial charge in [-0.05, 0) is 11.6 Å². The topological polar surface area (TPSA) is 87.3 Å². The van der Waals surface area contributed by atoms with Crippen molar-refractivity contribution in [1.29, 1.82) is 0 Å². The number of nitrogens with zero attached hydrogens (tertiary/aromatic N) is 3. The number of rotatable bonds is 6. The molecule has 0 bridgehead atoms. The first-order valence-electron chi connectivity index (χ1n) is 6.41. The van der Waals surface area contributed by atoms with Crippen molar-refractivity contribution in [3.05, 3.63) is 51.8 Å². The fourth-order valence-corrected chi connectivity index (χ4v) is 1.94. The summed E-state index contributed by atoms with van der Waals surface area (Å²) in [5.74, 6) is 0.425. The molecule has 0 atom stereocenters. The molecular weight excluding hydrogens is 274 g/mol. The second-order valence-corrected chi connectivity index (χ2v) is 4.50. The second kappa shape index (κ2) is 6.17. The van der Waals surface area contributed by atoms with E-state index in [-0.39, 0.29) is 11.5 Å². The number of aromatic nitrogens is 2. The summed E-state index contributed by atoms with van der Waals surface area (Å²) >= 11 is 0. The van der Waals surface area contributed by atoms with Gasteiger partial charge in [0.2, 0.25) is 0 Å². The predicted molar refractivity (Wildman–Crippen MR) is 75.6 cm³/mol. The third-order valence-corrected chi connectivity index (χ3v) is 3.02. The van der Waals surface area contributed by atoms with E-state index in [1.54, 1.807) is 23.9 Å². The molecule has 0 unspecified atom stereocenters. The minimum absolute atomic E-state index is 0.0119. The minimum Gasteiger partial charge on any atom is -0.496 e. The molecule has 21 heavy (non-hydrogen) atoms. The number of carbonyl (C=O) groups excluding carboxylic acids is 1. The summed E-state index contributed by atoms with van der Waals surface area (Å²) in [4.78, 5) is 22.0. The van der Waals surface area contributed by atoms with Crippen LogP contribution in [0.1, 0.15) is 29.3 Å². The van der Waals surface area contributed by atoms with Crippen LogP contribution in [0.2, 0.25) is 0 Å². The van der Waals surface area contributed by atoms with Crippen molar-refractivity contribution in [2.45, 2.75) is 19.9 Å². The summed E-state index contributed by atoms with van der Waals surface area (Å²) in [6, 6.07) is 4.53. The lowest BCUT2D eigenvalue weighted by molar-refractivity contribution is -0.385. The molecule has 1 aromatic heterocycles. The highest BCUT2D eigenvalue weighted by Gasteiger charge is 2.12. The largest absolute Gasteiger partial charge is 0.496 e. The van der Waals surface area contributed by atoms with Crippen molar-refractivity contribution >= 4 is 11.5 Å². The van der Waals surface area contributed by atoms with Gasteiger partial charge in [-0.1, -0.05) is 6.92 Å². The van der Waals surface area contributed by atoms with E-state index in [9.17, 15) is 14.9 Å². The van der Waals surface area contributed by atoms with Crippen molar-refractivity contribution in [2.75, 3.05) is 7.11 Å². The smallest absolute Gasteiger partial charge is 0.273 e. The molecule has 0 saturated heterocycles. The number of hydrogen-bond donors (Lipinski definition) is 0. The van der Waals surface area contributed by atoms with E-state index < -0.39 is 4.92 Å². The zero-order chi connectivity index (χ0) is 15.4. The Labute approximate surface area is 121 Å². The fraction of sp³-hybridized carbons (Fsp3) is 0.286. The number of methoxy groups -OCH3 is 1. The van der Waals surface area contributed by atoms with Crippen molar-refractivity contribution < 1.29 is 14.5 Å². The van der Waals surface area contributed by atoms with Gasteiger partial charge in [0, 0.05) is 18.7 Å². The highest BCUT2D eigenvalue weighted by atomic mass is 16.6. The summed E-state index contributed by atoms with van der Waals surface area (Å²) < 4.78 is 6.63. The van der Waals surface area contributed by atoms with Gasteiger partial charge in [0.1, 0.15) is 5.75 Å². The van der Waals surface area contributed by atoms with E-state index in [1.165, 1.54) is 25.4 Å². The molecule has 2 rings (SSSR count). The van der Waals surface area contributed by atoms with Crippen molar-refractivity contribution in [3.63, 3.8) is 0 Å². The number of nitro groups is 1. The highest BCUT2D eigenvalue weighted by molar-refractivity contribution is 5.95. The molecule has 0 N–H and O–H groups in total. The number of nitro benzene ring substituents is 1. The average Bonchev–Trinajstić information content (AvgIpc) is 2.94. The molecule has 0 aliphatic carbocycles. The number of benzene rings is 1. The van der Waals surface area contributed by atoms with Crippen LogP contribution in [0.15, 0.2) is 30.6 Å². The summed E-state index contributed by atoms with van der Waals surface area (Å²) in [5.41, 5.74) is 1.18. The van der Waals surface area contributed by atoms with E-state index in [0.29, 0.717) is 29.8 Å². The van der Waals surface area contributed by atoms with Gasteiger partial charge in [0.05, 0.1) is 36.4 Å². The molecule has 0 amide bonds. The van der Waals surface area contributed by atoms with E-state index >= 15 is 0 Å². The van der Waals surface area contributed by atoms with Crippen LogP contribution in [-0.2, 0) is 6.54 Å². The second-order valence-electron chi connectivity index (χ2n) is 4.50. The monoisotopic (exact) mass is 289 g/mol. The molecule has 1 aromatic carbocycles. The summed E-state index contributed by atoms with van der Waals surface area (Å²) in [6.07, 6.45) is 3.55. The lowest BCUT2D eigenvalue weighted by atomic mass is 10.2. The normalized spacial score (nSPS) is 10.4. The first-order chi connectivity index (χ1) is 10.0. The van der Waals surface area contributed by atoms with Crippen LogP contribution in [0.3, 0.4) is 0 Å². The number of hydrogen-bond acceptors (Lipinski definition) is 5. The number of carbonyl (C=O) groups is 1. The average molecular weight is 289 g/mol. The molecule has 110 valence electrons. The first-order valence-corrected chi connectivity index (χ1v) is 6.41. The van der Waals surface area contributed by atoms with E-state index in [2.05, 4.69) is 5.10 Å². The summed E-state index contributed by atoms with van der Waals surface area (Å²) in [6.45, 7) is 2.11. The first kappa shape index (κ1) is 14.7.